The molecule has 6 heteroatoms. The van der Waals surface area contributed by atoms with Crippen molar-refractivity contribution in [2.45, 2.75) is 18.2 Å². The summed E-state index contributed by atoms with van der Waals surface area (Å²) in [6, 6.07) is 13.1. The molecule has 0 fully saturated rings. The van der Waals surface area contributed by atoms with Crippen molar-refractivity contribution in [1.29, 1.82) is 0 Å². The lowest BCUT2D eigenvalue weighted by atomic mass is 10.2. The highest BCUT2D eigenvalue weighted by Gasteiger charge is 2.15. The van der Waals surface area contributed by atoms with Gasteiger partial charge in [-0.3, -0.25) is 0 Å². The zero-order valence-corrected chi connectivity index (χ0v) is 11.4. The predicted octanol–water partition coefficient (Wildman–Crippen LogP) is 1.48. The van der Waals surface area contributed by atoms with E-state index in [1.165, 1.54) is 13.1 Å². The van der Waals surface area contributed by atoms with E-state index in [-0.39, 0.29) is 5.09 Å². The SMILES string of the molecule is CNS(=O)(=O)c1ccc(CNCc2ccccc2)o1. The minimum absolute atomic E-state index is 0.0634. The van der Waals surface area contributed by atoms with E-state index in [0.717, 1.165) is 5.56 Å². The summed E-state index contributed by atoms with van der Waals surface area (Å²) < 4.78 is 30.4. The lowest BCUT2D eigenvalue weighted by Crippen LogP contribution is -2.17. The van der Waals surface area contributed by atoms with Gasteiger partial charge in [-0.15, -0.1) is 0 Å². The topological polar surface area (TPSA) is 71.3 Å². The summed E-state index contributed by atoms with van der Waals surface area (Å²) >= 11 is 0. The van der Waals surface area contributed by atoms with E-state index >= 15 is 0 Å². The molecule has 1 aromatic heterocycles. The molecule has 2 N–H and O–H groups in total. The Hall–Kier alpha value is -1.63. The van der Waals surface area contributed by atoms with Crippen molar-refractivity contribution in [3.63, 3.8) is 0 Å². The van der Waals surface area contributed by atoms with E-state index in [9.17, 15) is 8.42 Å². The summed E-state index contributed by atoms with van der Waals surface area (Å²) in [4.78, 5) is 0. The Morgan fingerprint density at radius 3 is 2.47 bits per heavy atom. The van der Waals surface area contributed by atoms with Gasteiger partial charge in [0.25, 0.3) is 10.0 Å². The van der Waals surface area contributed by atoms with Crippen LogP contribution < -0.4 is 10.0 Å². The molecule has 0 spiro atoms. The molecule has 0 amide bonds. The molecule has 0 bridgehead atoms. The standard InChI is InChI=1S/C13H16N2O3S/c1-14-19(16,17)13-8-7-12(18-13)10-15-9-11-5-3-2-4-6-11/h2-8,14-15H,9-10H2,1H3. The van der Waals surface area contributed by atoms with Gasteiger partial charge in [0.05, 0.1) is 6.54 Å². The summed E-state index contributed by atoms with van der Waals surface area (Å²) in [5.74, 6) is 0.588. The monoisotopic (exact) mass is 280 g/mol. The maximum atomic E-state index is 11.5. The molecule has 0 radical (unpaired) electrons. The van der Waals surface area contributed by atoms with Crippen molar-refractivity contribution >= 4 is 10.0 Å². The van der Waals surface area contributed by atoms with E-state index in [1.54, 1.807) is 6.07 Å². The lowest BCUT2D eigenvalue weighted by Gasteiger charge is -2.02. The maximum absolute atomic E-state index is 11.5. The molecule has 0 saturated carbocycles. The van der Waals surface area contributed by atoms with E-state index in [0.29, 0.717) is 18.8 Å². The van der Waals surface area contributed by atoms with Gasteiger partial charge in [-0.05, 0) is 24.7 Å². The third kappa shape index (κ3) is 3.66. The molecule has 0 aliphatic heterocycles. The minimum Gasteiger partial charge on any atom is -0.447 e. The highest BCUT2D eigenvalue weighted by molar-refractivity contribution is 7.89. The lowest BCUT2D eigenvalue weighted by molar-refractivity contribution is 0.400. The third-order valence-electron chi connectivity index (χ3n) is 2.64. The molecule has 0 atom stereocenters. The quantitative estimate of drug-likeness (QED) is 0.840. The summed E-state index contributed by atoms with van der Waals surface area (Å²) in [5, 5.41) is 3.13. The van der Waals surface area contributed by atoms with Crippen LogP contribution in [0.3, 0.4) is 0 Å². The minimum atomic E-state index is -3.50. The van der Waals surface area contributed by atoms with Crippen LogP contribution in [0.25, 0.3) is 0 Å². The van der Waals surface area contributed by atoms with Crippen LogP contribution in [0.4, 0.5) is 0 Å². The molecule has 2 aromatic rings. The summed E-state index contributed by atoms with van der Waals surface area (Å²) in [6.45, 7) is 1.18. The second-order valence-electron chi connectivity index (χ2n) is 4.02. The van der Waals surface area contributed by atoms with Crippen LogP contribution in [0, 0.1) is 0 Å². The molecule has 102 valence electrons. The molecule has 0 saturated heterocycles. The van der Waals surface area contributed by atoms with E-state index in [4.69, 9.17) is 4.42 Å². The molecule has 0 unspecified atom stereocenters. The average molecular weight is 280 g/mol. The van der Waals surface area contributed by atoms with Crippen LogP contribution in [-0.2, 0) is 23.1 Å². The molecule has 19 heavy (non-hydrogen) atoms. The Balaban J connectivity index is 1.91. The van der Waals surface area contributed by atoms with Gasteiger partial charge in [0.15, 0.2) is 0 Å². The fourth-order valence-electron chi connectivity index (χ4n) is 1.62. The number of nitrogens with one attached hydrogen (secondary N) is 2. The van der Waals surface area contributed by atoms with Gasteiger partial charge in [0, 0.05) is 6.54 Å². The van der Waals surface area contributed by atoms with Crippen molar-refractivity contribution in [2.24, 2.45) is 0 Å². The van der Waals surface area contributed by atoms with E-state index in [1.807, 2.05) is 30.3 Å². The van der Waals surface area contributed by atoms with Crippen molar-refractivity contribution in [1.82, 2.24) is 10.0 Å². The molecule has 1 aromatic carbocycles. The normalized spacial score (nSPS) is 11.6. The Morgan fingerprint density at radius 1 is 1.05 bits per heavy atom. The molecule has 2 rings (SSSR count). The molecule has 1 heterocycles. The zero-order chi connectivity index (χ0) is 13.7. The first kappa shape index (κ1) is 13.8. The average Bonchev–Trinajstić information content (AvgIpc) is 2.90. The van der Waals surface area contributed by atoms with Gasteiger partial charge in [-0.1, -0.05) is 30.3 Å². The van der Waals surface area contributed by atoms with Crippen molar-refractivity contribution in [3.8, 4) is 0 Å². The highest BCUT2D eigenvalue weighted by Crippen LogP contribution is 2.13. The van der Waals surface area contributed by atoms with Gasteiger partial charge < -0.3 is 9.73 Å². The number of sulfonamides is 1. The summed E-state index contributed by atoms with van der Waals surface area (Å²) in [6.07, 6.45) is 0. The summed E-state index contributed by atoms with van der Waals surface area (Å²) in [7, 11) is -2.15. The molecular weight excluding hydrogens is 264 g/mol. The Kier molecular flexibility index (Phi) is 4.36. The van der Waals surface area contributed by atoms with Gasteiger partial charge in [0.2, 0.25) is 5.09 Å². The smallest absolute Gasteiger partial charge is 0.273 e. The van der Waals surface area contributed by atoms with Crippen LogP contribution in [0.1, 0.15) is 11.3 Å². The van der Waals surface area contributed by atoms with E-state index in [2.05, 4.69) is 10.0 Å². The molecule has 5 nitrogen and oxygen atoms in total. The number of hydrogen-bond acceptors (Lipinski definition) is 4. The third-order valence-corrected chi connectivity index (χ3v) is 3.93. The van der Waals surface area contributed by atoms with Gasteiger partial charge in [-0.25, -0.2) is 13.1 Å². The molecule has 0 aliphatic rings. The zero-order valence-electron chi connectivity index (χ0n) is 10.6. The van der Waals surface area contributed by atoms with Crippen molar-refractivity contribution < 1.29 is 12.8 Å². The van der Waals surface area contributed by atoms with Crippen LogP contribution >= 0.6 is 0 Å². The first-order chi connectivity index (χ1) is 9.12. The van der Waals surface area contributed by atoms with Crippen LogP contribution in [-0.4, -0.2) is 15.5 Å². The van der Waals surface area contributed by atoms with E-state index < -0.39 is 10.0 Å². The Bertz CT molecular complexity index is 620. The Labute approximate surface area is 112 Å². The predicted molar refractivity (Wildman–Crippen MR) is 71.9 cm³/mol. The highest BCUT2D eigenvalue weighted by atomic mass is 32.2. The second kappa shape index (κ2) is 6.01. The van der Waals surface area contributed by atoms with Crippen molar-refractivity contribution in [3.05, 3.63) is 53.8 Å². The summed E-state index contributed by atoms with van der Waals surface area (Å²) in [5.41, 5.74) is 1.16. The number of hydrogen-bond donors (Lipinski definition) is 2. The van der Waals surface area contributed by atoms with Crippen LogP contribution in [0.2, 0.25) is 0 Å². The van der Waals surface area contributed by atoms with Crippen molar-refractivity contribution in [2.75, 3.05) is 7.05 Å². The fraction of sp³-hybridized carbons (Fsp3) is 0.231. The number of furan rings is 1. The van der Waals surface area contributed by atoms with Crippen LogP contribution in [0.5, 0.6) is 0 Å². The van der Waals surface area contributed by atoms with Gasteiger partial charge in [0.1, 0.15) is 5.76 Å². The van der Waals surface area contributed by atoms with Gasteiger partial charge >= 0.3 is 0 Å². The largest absolute Gasteiger partial charge is 0.447 e. The maximum Gasteiger partial charge on any atom is 0.273 e. The molecular formula is C13H16N2O3S. The fourth-order valence-corrected chi connectivity index (χ4v) is 2.29. The number of benzene rings is 1. The first-order valence-electron chi connectivity index (χ1n) is 5.89. The van der Waals surface area contributed by atoms with Gasteiger partial charge in [-0.2, -0.15) is 0 Å². The first-order valence-corrected chi connectivity index (χ1v) is 7.37. The number of rotatable bonds is 6. The Morgan fingerprint density at radius 2 is 1.79 bits per heavy atom. The van der Waals surface area contributed by atoms with Crippen LogP contribution in [0.15, 0.2) is 52.0 Å². The second-order valence-corrected chi connectivity index (χ2v) is 5.83. The molecule has 0 aliphatic carbocycles.